The number of carbonyl (C=O) groups excluding carboxylic acids is 1. The molecule has 2 fully saturated rings. The molecule has 2 rings (SSSR count). The van der Waals surface area contributed by atoms with Crippen molar-refractivity contribution in [3.8, 4) is 0 Å². The third-order valence-electron chi connectivity index (χ3n) is 2.63. The van der Waals surface area contributed by atoms with E-state index >= 15 is 0 Å². The summed E-state index contributed by atoms with van der Waals surface area (Å²) < 4.78 is 9.37. The number of hydrogen-bond acceptors (Lipinski definition) is 4. The standard InChI is InChI=1S/C7H8O5/c1-6(2)3(4(8)9)7(6)11-5(10)12-7/h3H,1-2H3,(H,8,9). The van der Waals surface area contributed by atoms with Gasteiger partial charge in [-0.15, -0.1) is 0 Å². The minimum Gasteiger partial charge on any atom is -0.481 e. The highest BCUT2D eigenvalue weighted by Gasteiger charge is 2.86. The first-order chi connectivity index (χ1) is 5.42. The zero-order chi connectivity index (χ0) is 9.15. The molecule has 0 aromatic carbocycles. The lowest BCUT2D eigenvalue weighted by Crippen LogP contribution is -2.43. The zero-order valence-electron chi connectivity index (χ0n) is 6.66. The van der Waals surface area contributed by atoms with E-state index in [-0.39, 0.29) is 0 Å². The first-order valence-electron chi connectivity index (χ1n) is 3.56. The highest BCUT2D eigenvalue weighted by atomic mass is 16.9. The molecular weight excluding hydrogens is 164 g/mol. The van der Waals surface area contributed by atoms with Crippen molar-refractivity contribution >= 4 is 12.1 Å². The van der Waals surface area contributed by atoms with Crippen LogP contribution in [-0.2, 0) is 14.3 Å². The van der Waals surface area contributed by atoms with Crippen LogP contribution in [-0.4, -0.2) is 23.0 Å². The molecule has 1 unspecified atom stereocenters. The van der Waals surface area contributed by atoms with Crippen LogP contribution in [0.5, 0.6) is 0 Å². The summed E-state index contributed by atoms with van der Waals surface area (Å²) in [5, 5.41) is 8.70. The predicted molar refractivity (Wildman–Crippen MR) is 35.2 cm³/mol. The summed E-state index contributed by atoms with van der Waals surface area (Å²) in [7, 11) is 0. The molecule has 2 aliphatic rings. The van der Waals surface area contributed by atoms with E-state index in [9.17, 15) is 9.59 Å². The van der Waals surface area contributed by atoms with Crippen molar-refractivity contribution in [2.75, 3.05) is 0 Å². The Bertz CT molecular complexity index is 272. The van der Waals surface area contributed by atoms with Crippen LogP contribution in [0.25, 0.3) is 0 Å². The monoisotopic (exact) mass is 172 g/mol. The Kier molecular flexibility index (Phi) is 0.970. The molecule has 1 atom stereocenters. The molecule has 0 radical (unpaired) electrons. The Labute approximate surface area is 68.3 Å². The van der Waals surface area contributed by atoms with Crippen molar-refractivity contribution in [3.63, 3.8) is 0 Å². The summed E-state index contributed by atoms with van der Waals surface area (Å²) in [6, 6.07) is 0. The fourth-order valence-electron chi connectivity index (χ4n) is 1.79. The summed E-state index contributed by atoms with van der Waals surface area (Å²) in [5.74, 6) is -2.90. The van der Waals surface area contributed by atoms with Gasteiger partial charge in [0.2, 0.25) is 0 Å². The first-order valence-corrected chi connectivity index (χ1v) is 3.56. The highest BCUT2D eigenvalue weighted by Crippen LogP contribution is 2.68. The van der Waals surface area contributed by atoms with Crippen LogP contribution >= 0.6 is 0 Å². The van der Waals surface area contributed by atoms with Crippen LogP contribution in [0.2, 0.25) is 0 Å². The molecule has 1 heterocycles. The zero-order valence-corrected chi connectivity index (χ0v) is 6.66. The topological polar surface area (TPSA) is 72.8 Å². The second-order valence-corrected chi connectivity index (χ2v) is 3.61. The fourth-order valence-corrected chi connectivity index (χ4v) is 1.79. The Morgan fingerprint density at radius 2 is 2.00 bits per heavy atom. The van der Waals surface area contributed by atoms with Gasteiger partial charge in [0.1, 0.15) is 5.92 Å². The lowest BCUT2D eigenvalue weighted by atomic mass is 10.1. The Hall–Kier alpha value is -1.26. The van der Waals surface area contributed by atoms with Crippen LogP contribution in [0.4, 0.5) is 4.79 Å². The van der Waals surface area contributed by atoms with E-state index < -0.39 is 29.2 Å². The molecule has 1 saturated carbocycles. The molecule has 1 saturated heterocycles. The molecule has 66 valence electrons. The molecular formula is C7H8O5. The molecule has 1 spiro atoms. The number of carboxylic acids is 1. The Balaban J connectivity index is 2.22. The number of carboxylic acid groups (broad SMARTS) is 1. The average molecular weight is 172 g/mol. The van der Waals surface area contributed by atoms with Crippen molar-refractivity contribution in [3.05, 3.63) is 0 Å². The molecule has 0 amide bonds. The molecule has 5 heteroatoms. The summed E-state index contributed by atoms with van der Waals surface area (Å²) >= 11 is 0. The third kappa shape index (κ3) is 0.520. The summed E-state index contributed by atoms with van der Waals surface area (Å²) in [6.45, 7) is 3.39. The van der Waals surface area contributed by atoms with Gasteiger partial charge in [0.15, 0.2) is 0 Å². The molecule has 0 aromatic heterocycles. The molecule has 1 aliphatic heterocycles. The van der Waals surface area contributed by atoms with Crippen molar-refractivity contribution in [2.24, 2.45) is 11.3 Å². The van der Waals surface area contributed by atoms with Gasteiger partial charge in [-0.1, -0.05) is 13.8 Å². The smallest absolute Gasteiger partial charge is 0.481 e. The Morgan fingerprint density at radius 1 is 1.50 bits per heavy atom. The van der Waals surface area contributed by atoms with Gasteiger partial charge in [0.25, 0.3) is 5.79 Å². The van der Waals surface area contributed by atoms with E-state index in [1.54, 1.807) is 13.8 Å². The molecule has 0 bridgehead atoms. The van der Waals surface area contributed by atoms with Gasteiger partial charge in [-0.05, 0) is 0 Å². The normalized spacial score (nSPS) is 33.2. The quantitative estimate of drug-likeness (QED) is 0.586. The van der Waals surface area contributed by atoms with Gasteiger partial charge >= 0.3 is 12.1 Å². The lowest BCUT2D eigenvalue weighted by Gasteiger charge is -2.28. The lowest BCUT2D eigenvalue weighted by molar-refractivity contribution is -0.231. The summed E-state index contributed by atoms with van der Waals surface area (Å²) in [6.07, 6.45) is -0.785. The summed E-state index contributed by atoms with van der Waals surface area (Å²) in [4.78, 5) is 21.0. The van der Waals surface area contributed by atoms with Gasteiger partial charge in [-0.3, -0.25) is 4.79 Å². The largest absolute Gasteiger partial charge is 0.515 e. The van der Waals surface area contributed by atoms with Gasteiger partial charge in [0, 0.05) is 0 Å². The summed E-state index contributed by atoms with van der Waals surface area (Å²) in [5.41, 5.74) is -0.604. The molecule has 12 heavy (non-hydrogen) atoms. The number of carbonyl (C=O) groups is 2. The van der Waals surface area contributed by atoms with Crippen molar-refractivity contribution in [1.29, 1.82) is 0 Å². The second kappa shape index (κ2) is 1.57. The van der Waals surface area contributed by atoms with Crippen molar-refractivity contribution in [2.45, 2.75) is 19.6 Å². The van der Waals surface area contributed by atoms with Crippen LogP contribution in [0.1, 0.15) is 13.8 Å². The number of ether oxygens (including phenoxy) is 2. The SMILES string of the molecule is CC1(C)C(C(=O)O)C12OC(=O)O2. The number of hydrogen-bond donors (Lipinski definition) is 1. The van der Waals surface area contributed by atoms with E-state index in [0.29, 0.717) is 0 Å². The third-order valence-corrected chi connectivity index (χ3v) is 2.63. The van der Waals surface area contributed by atoms with Gasteiger partial charge in [-0.2, -0.15) is 0 Å². The second-order valence-electron chi connectivity index (χ2n) is 3.61. The van der Waals surface area contributed by atoms with Gasteiger partial charge in [-0.25, -0.2) is 4.79 Å². The molecule has 1 N–H and O–H groups in total. The average Bonchev–Trinajstić information content (AvgIpc) is 2.27. The van der Waals surface area contributed by atoms with Crippen LogP contribution in [0.3, 0.4) is 0 Å². The Morgan fingerprint density at radius 3 is 2.25 bits per heavy atom. The van der Waals surface area contributed by atoms with Crippen LogP contribution in [0.15, 0.2) is 0 Å². The van der Waals surface area contributed by atoms with Crippen LogP contribution < -0.4 is 0 Å². The number of rotatable bonds is 1. The van der Waals surface area contributed by atoms with E-state index in [0.717, 1.165) is 0 Å². The molecule has 1 aliphatic carbocycles. The molecule has 0 aromatic rings. The maximum absolute atomic E-state index is 10.6. The van der Waals surface area contributed by atoms with Gasteiger partial charge < -0.3 is 14.6 Å². The van der Waals surface area contributed by atoms with Gasteiger partial charge in [0.05, 0.1) is 5.41 Å². The minimum atomic E-state index is -1.17. The maximum Gasteiger partial charge on any atom is 0.515 e. The fraction of sp³-hybridized carbons (Fsp3) is 0.714. The first kappa shape index (κ1) is 7.39. The van der Waals surface area contributed by atoms with Crippen molar-refractivity contribution in [1.82, 2.24) is 0 Å². The molecule has 5 nitrogen and oxygen atoms in total. The van der Waals surface area contributed by atoms with Crippen molar-refractivity contribution < 1.29 is 24.2 Å². The van der Waals surface area contributed by atoms with Crippen LogP contribution in [0, 0.1) is 11.3 Å². The van der Waals surface area contributed by atoms with E-state index in [1.165, 1.54) is 0 Å². The van der Waals surface area contributed by atoms with E-state index in [2.05, 4.69) is 9.47 Å². The maximum atomic E-state index is 10.6. The predicted octanol–water partition coefficient (Wildman–Crippen LogP) is 0.590. The van der Waals surface area contributed by atoms with E-state index in [4.69, 9.17) is 5.11 Å². The minimum absolute atomic E-state index is 0.604. The highest BCUT2D eigenvalue weighted by molar-refractivity contribution is 5.82. The van der Waals surface area contributed by atoms with E-state index in [1.807, 2.05) is 0 Å². The number of aliphatic carboxylic acids is 1.